The van der Waals surface area contributed by atoms with Gasteiger partial charge in [-0.15, -0.1) is 0 Å². The smallest absolute Gasteiger partial charge is 0.255 e. The zero-order valence-electron chi connectivity index (χ0n) is 15.6. The first-order valence-electron chi connectivity index (χ1n) is 9.43. The number of benzene rings is 1. The molecule has 0 radical (unpaired) electrons. The molecular weight excluding hydrogens is 340 g/mol. The van der Waals surface area contributed by atoms with Crippen LogP contribution in [0.5, 0.6) is 0 Å². The van der Waals surface area contributed by atoms with Crippen molar-refractivity contribution in [3.8, 4) is 0 Å². The van der Waals surface area contributed by atoms with Gasteiger partial charge in [-0.1, -0.05) is 12.1 Å². The van der Waals surface area contributed by atoms with E-state index in [1.165, 1.54) is 0 Å². The number of rotatable bonds is 7. The second kappa shape index (κ2) is 9.28. The molecule has 1 fully saturated rings. The van der Waals surface area contributed by atoms with Crippen LogP contribution in [0.4, 0.5) is 5.69 Å². The van der Waals surface area contributed by atoms with Gasteiger partial charge in [0.05, 0.1) is 6.04 Å². The van der Waals surface area contributed by atoms with E-state index in [4.69, 9.17) is 0 Å². The van der Waals surface area contributed by atoms with Gasteiger partial charge in [0.2, 0.25) is 5.91 Å². The van der Waals surface area contributed by atoms with Crippen LogP contribution in [0.3, 0.4) is 0 Å². The van der Waals surface area contributed by atoms with Gasteiger partial charge in [-0.3, -0.25) is 14.6 Å². The third kappa shape index (κ3) is 5.62. The monoisotopic (exact) mass is 366 g/mol. The molecule has 3 N–H and O–H groups in total. The van der Waals surface area contributed by atoms with Gasteiger partial charge in [-0.2, -0.15) is 0 Å². The minimum absolute atomic E-state index is 0.0656. The Morgan fingerprint density at radius 1 is 1.19 bits per heavy atom. The largest absolute Gasteiger partial charge is 0.350 e. The van der Waals surface area contributed by atoms with Crippen molar-refractivity contribution in [2.45, 2.75) is 32.2 Å². The lowest BCUT2D eigenvalue weighted by Crippen LogP contribution is -2.27. The Hall–Kier alpha value is -2.73. The average molecular weight is 366 g/mol. The van der Waals surface area contributed by atoms with E-state index in [1.54, 1.807) is 24.5 Å². The van der Waals surface area contributed by atoms with Crippen LogP contribution in [0.2, 0.25) is 0 Å². The summed E-state index contributed by atoms with van der Waals surface area (Å²) in [6.07, 6.45) is 5.84. The van der Waals surface area contributed by atoms with E-state index in [0.717, 1.165) is 31.5 Å². The second-order valence-corrected chi connectivity index (χ2v) is 7.00. The third-order valence-corrected chi connectivity index (χ3v) is 4.93. The SMILES string of the molecule is CC(NC(=O)CCC1CCNC1)c1ccc(NC(=O)c2ccncc2)cc1. The fraction of sp³-hybridized carbons (Fsp3) is 0.381. The van der Waals surface area contributed by atoms with Crippen molar-refractivity contribution in [1.29, 1.82) is 0 Å². The normalized spacial score (nSPS) is 17.3. The summed E-state index contributed by atoms with van der Waals surface area (Å²) in [5.41, 5.74) is 2.28. The molecule has 2 atom stereocenters. The summed E-state index contributed by atoms with van der Waals surface area (Å²) >= 11 is 0. The number of pyridine rings is 1. The standard InChI is InChI=1S/C21H26N4O2/c1-15(24-20(26)7-2-16-8-11-23-14-16)17-3-5-19(6-4-17)25-21(27)18-9-12-22-13-10-18/h3-6,9-10,12-13,15-16,23H,2,7-8,11,14H2,1H3,(H,24,26)(H,25,27). The van der Waals surface area contributed by atoms with Gasteiger partial charge in [0.1, 0.15) is 0 Å². The number of carbonyl (C=O) groups excluding carboxylic acids is 2. The van der Waals surface area contributed by atoms with Gasteiger partial charge in [0.25, 0.3) is 5.91 Å². The zero-order valence-corrected chi connectivity index (χ0v) is 15.6. The molecule has 1 saturated heterocycles. The Morgan fingerprint density at radius 2 is 1.93 bits per heavy atom. The molecule has 0 spiro atoms. The van der Waals surface area contributed by atoms with Crippen molar-refractivity contribution in [3.63, 3.8) is 0 Å². The summed E-state index contributed by atoms with van der Waals surface area (Å²) in [6.45, 7) is 4.06. The van der Waals surface area contributed by atoms with E-state index >= 15 is 0 Å². The molecule has 1 aliphatic heterocycles. The lowest BCUT2D eigenvalue weighted by atomic mass is 10.0. The quantitative estimate of drug-likeness (QED) is 0.704. The predicted molar refractivity (Wildman–Crippen MR) is 105 cm³/mol. The molecule has 1 aromatic heterocycles. The summed E-state index contributed by atoms with van der Waals surface area (Å²) in [7, 11) is 0. The molecular formula is C21H26N4O2. The Morgan fingerprint density at radius 3 is 2.59 bits per heavy atom. The summed E-state index contributed by atoms with van der Waals surface area (Å²) in [6, 6.07) is 10.8. The van der Waals surface area contributed by atoms with Crippen LogP contribution in [-0.2, 0) is 4.79 Å². The lowest BCUT2D eigenvalue weighted by molar-refractivity contribution is -0.122. The molecule has 1 aromatic carbocycles. The van der Waals surface area contributed by atoms with Crippen LogP contribution >= 0.6 is 0 Å². The number of nitrogens with one attached hydrogen (secondary N) is 3. The van der Waals surface area contributed by atoms with Gasteiger partial charge in [0, 0.05) is 30.1 Å². The Bertz CT molecular complexity index is 756. The zero-order chi connectivity index (χ0) is 19.1. The van der Waals surface area contributed by atoms with Crippen LogP contribution in [0.25, 0.3) is 0 Å². The van der Waals surface area contributed by atoms with Crippen molar-refractivity contribution in [2.75, 3.05) is 18.4 Å². The second-order valence-electron chi connectivity index (χ2n) is 7.00. The fourth-order valence-corrected chi connectivity index (χ4v) is 3.25. The Kier molecular flexibility index (Phi) is 6.54. The highest BCUT2D eigenvalue weighted by molar-refractivity contribution is 6.04. The summed E-state index contributed by atoms with van der Waals surface area (Å²) in [5.74, 6) is 0.534. The van der Waals surface area contributed by atoms with Crippen molar-refractivity contribution < 1.29 is 9.59 Å². The van der Waals surface area contributed by atoms with Crippen LogP contribution in [-0.4, -0.2) is 29.9 Å². The van der Waals surface area contributed by atoms with E-state index in [9.17, 15) is 9.59 Å². The van der Waals surface area contributed by atoms with E-state index in [0.29, 0.717) is 23.6 Å². The molecule has 0 aliphatic carbocycles. The van der Waals surface area contributed by atoms with E-state index in [2.05, 4.69) is 20.9 Å². The minimum Gasteiger partial charge on any atom is -0.350 e. The summed E-state index contributed by atoms with van der Waals surface area (Å²) < 4.78 is 0. The van der Waals surface area contributed by atoms with Gasteiger partial charge in [-0.05, 0) is 68.6 Å². The van der Waals surface area contributed by atoms with Gasteiger partial charge >= 0.3 is 0 Å². The van der Waals surface area contributed by atoms with Crippen molar-refractivity contribution in [3.05, 3.63) is 59.9 Å². The molecule has 2 unspecified atom stereocenters. The molecule has 1 aliphatic rings. The van der Waals surface area contributed by atoms with E-state index < -0.39 is 0 Å². The maximum Gasteiger partial charge on any atom is 0.255 e. The fourth-order valence-electron chi connectivity index (χ4n) is 3.25. The first-order chi connectivity index (χ1) is 13.1. The molecule has 0 bridgehead atoms. The topological polar surface area (TPSA) is 83.1 Å². The molecule has 27 heavy (non-hydrogen) atoms. The first kappa shape index (κ1) is 19.0. The highest BCUT2D eigenvalue weighted by Gasteiger charge is 2.17. The minimum atomic E-state index is -0.173. The number of amides is 2. The molecule has 6 heteroatoms. The molecule has 6 nitrogen and oxygen atoms in total. The van der Waals surface area contributed by atoms with Gasteiger partial charge < -0.3 is 16.0 Å². The van der Waals surface area contributed by atoms with Crippen LogP contribution in [0, 0.1) is 5.92 Å². The van der Waals surface area contributed by atoms with E-state index in [-0.39, 0.29) is 17.9 Å². The van der Waals surface area contributed by atoms with Crippen molar-refractivity contribution in [2.24, 2.45) is 5.92 Å². The maximum atomic E-state index is 12.2. The van der Waals surface area contributed by atoms with Crippen LogP contribution < -0.4 is 16.0 Å². The van der Waals surface area contributed by atoms with Crippen molar-refractivity contribution >= 4 is 17.5 Å². The molecule has 3 rings (SSSR count). The summed E-state index contributed by atoms with van der Waals surface area (Å²) in [5, 5.41) is 9.24. The van der Waals surface area contributed by atoms with Crippen molar-refractivity contribution in [1.82, 2.24) is 15.6 Å². The number of anilines is 1. The number of carbonyl (C=O) groups is 2. The Labute approximate surface area is 159 Å². The molecule has 2 amide bonds. The Balaban J connectivity index is 1.48. The number of aromatic nitrogens is 1. The number of nitrogens with zero attached hydrogens (tertiary/aromatic N) is 1. The average Bonchev–Trinajstić information content (AvgIpc) is 3.21. The van der Waals surface area contributed by atoms with Crippen LogP contribution in [0.1, 0.15) is 48.1 Å². The highest BCUT2D eigenvalue weighted by atomic mass is 16.2. The lowest BCUT2D eigenvalue weighted by Gasteiger charge is -2.16. The molecule has 142 valence electrons. The number of hydrogen-bond donors (Lipinski definition) is 3. The van der Waals surface area contributed by atoms with E-state index in [1.807, 2.05) is 31.2 Å². The molecule has 2 aromatic rings. The molecule has 0 saturated carbocycles. The van der Waals surface area contributed by atoms with Crippen LogP contribution in [0.15, 0.2) is 48.8 Å². The maximum absolute atomic E-state index is 12.2. The number of hydrogen-bond acceptors (Lipinski definition) is 4. The third-order valence-electron chi connectivity index (χ3n) is 4.93. The first-order valence-corrected chi connectivity index (χ1v) is 9.43. The van der Waals surface area contributed by atoms with Gasteiger partial charge in [0.15, 0.2) is 0 Å². The highest BCUT2D eigenvalue weighted by Crippen LogP contribution is 2.18. The predicted octanol–water partition coefficient (Wildman–Crippen LogP) is 2.90. The van der Waals surface area contributed by atoms with Gasteiger partial charge in [-0.25, -0.2) is 0 Å². The molecule has 2 heterocycles. The summed E-state index contributed by atoms with van der Waals surface area (Å²) in [4.78, 5) is 28.2.